The van der Waals surface area contributed by atoms with Crippen molar-refractivity contribution < 1.29 is 18.7 Å². The molecular weight excluding hydrogens is 515 g/mol. The topological polar surface area (TPSA) is 58.6 Å². The first-order valence-electron chi connectivity index (χ1n) is 13.8. The Balaban J connectivity index is 1.57. The van der Waals surface area contributed by atoms with Crippen LogP contribution in [0.4, 0.5) is 15.8 Å². The number of hydrogen-bond acceptors (Lipinski definition) is 4. The summed E-state index contributed by atoms with van der Waals surface area (Å²) in [5, 5.41) is 3.49. The monoisotopic (exact) mass is 546 g/mol. The van der Waals surface area contributed by atoms with Gasteiger partial charge in [-0.15, -0.1) is 0 Å². The lowest BCUT2D eigenvalue weighted by Gasteiger charge is -2.39. The number of nitrogens with one attached hydrogen (secondary N) is 1. The van der Waals surface area contributed by atoms with Crippen molar-refractivity contribution in [2.45, 2.75) is 32.9 Å². The summed E-state index contributed by atoms with van der Waals surface area (Å²) >= 11 is 0. The van der Waals surface area contributed by atoms with Crippen LogP contribution in [0.15, 0.2) is 115 Å². The zero-order valence-corrected chi connectivity index (χ0v) is 23.0. The largest absolute Gasteiger partial charge is 0.489 e. The average molecular weight is 547 g/mol. The number of nitrogens with zero attached hydrogens (tertiary/aromatic N) is 1. The summed E-state index contributed by atoms with van der Waals surface area (Å²) < 4.78 is 21.5. The van der Waals surface area contributed by atoms with Gasteiger partial charge in [-0.3, -0.25) is 14.5 Å². The van der Waals surface area contributed by atoms with Crippen molar-refractivity contribution in [3.05, 3.63) is 137 Å². The molecule has 206 valence electrons. The van der Waals surface area contributed by atoms with E-state index in [0.717, 1.165) is 11.3 Å². The van der Waals surface area contributed by atoms with Gasteiger partial charge in [-0.1, -0.05) is 92.7 Å². The Morgan fingerprint density at radius 2 is 1.61 bits per heavy atom. The van der Waals surface area contributed by atoms with Crippen molar-refractivity contribution >= 4 is 23.1 Å². The fraction of sp³-hybridized carbons (Fsp3) is 0.200. The normalized spacial score (nSPS) is 19.2. The highest BCUT2D eigenvalue weighted by Crippen LogP contribution is 2.50. The molecule has 1 aliphatic heterocycles. The number of carbonyl (C=O) groups excluding carboxylic acids is 2. The van der Waals surface area contributed by atoms with Crippen LogP contribution >= 0.6 is 0 Å². The van der Waals surface area contributed by atoms with Gasteiger partial charge in [0.05, 0.1) is 28.9 Å². The molecule has 1 heterocycles. The first kappa shape index (κ1) is 26.5. The number of allylic oxidation sites excluding steroid dienone is 1. The molecule has 0 spiro atoms. The predicted octanol–water partition coefficient (Wildman–Crippen LogP) is 7.72. The van der Waals surface area contributed by atoms with E-state index in [1.807, 2.05) is 92.7 Å². The molecule has 0 saturated heterocycles. The molecule has 1 amide bonds. The lowest BCUT2D eigenvalue weighted by molar-refractivity contribution is -0.124. The first-order chi connectivity index (χ1) is 19.8. The molecule has 6 heteroatoms. The standard InChI is InChI=1S/C35H31FN2O3/c1-35(2)20-28-32(30(39)21-35)33(25-15-7-11-19-31(25)41-22-23-12-4-3-5-13-23)38(29-18-10-9-17-27(29)37-28)34(40)24-14-6-8-16-26(24)36/h3-20,32-33,37H,21-22H2,1-2H3/t32-,33-/m1/s1. The molecule has 2 atom stereocenters. The Morgan fingerprint density at radius 3 is 2.41 bits per heavy atom. The highest BCUT2D eigenvalue weighted by atomic mass is 19.1. The van der Waals surface area contributed by atoms with Crippen molar-refractivity contribution in [1.29, 1.82) is 0 Å². The van der Waals surface area contributed by atoms with Gasteiger partial charge in [-0.25, -0.2) is 4.39 Å². The summed E-state index contributed by atoms with van der Waals surface area (Å²) in [5.41, 5.74) is 3.19. The highest BCUT2D eigenvalue weighted by molar-refractivity contribution is 6.10. The minimum Gasteiger partial charge on any atom is -0.489 e. The van der Waals surface area contributed by atoms with Crippen LogP contribution in [0.5, 0.6) is 5.75 Å². The molecule has 0 radical (unpaired) electrons. The number of carbonyl (C=O) groups is 2. The van der Waals surface area contributed by atoms with E-state index < -0.39 is 23.7 Å². The number of anilines is 2. The maximum atomic E-state index is 15.1. The molecule has 4 aromatic rings. The molecule has 41 heavy (non-hydrogen) atoms. The second kappa shape index (κ2) is 10.7. The van der Waals surface area contributed by atoms with Crippen LogP contribution in [0.25, 0.3) is 0 Å². The zero-order valence-electron chi connectivity index (χ0n) is 23.0. The lowest BCUT2D eigenvalue weighted by atomic mass is 9.72. The van der Waals surface area contributed by atoms with Crippen LogP contribution < -0.4 is 15.0 Å². The number of rotatable bonds is 5. The van der Waals surface area contributed by atoms with E-state index in [-0.39, 0.29) is 16.8 Å². The van der Waals surface area contributed by atoms with Crippen molar-refractivity contribution in [2.75, 3.05) is 10.2 Å². The van der Waals surface area contributed by atoms with Gasteiger partial charge in [-0.05, 0) is 41.3 Å². The van der Waals surface area contributed by atoms with Gasteiger partial charge in [0.2, 0.25) is 0 Å². The van der Waals surface area contributed by atoms with Gasteiger partial charge >= 0.3 is 0 Å². The van der Waals surface area contributed by atoms with Gasteiger partial charge in [0.15, 0.2) is 0 Å². The summed E-state index contributed by atoms with van der Waals surface area (Å²) in [7, 11) is 0. The van der Waals surface area contributed by atoms with Gasteiger partial charge in [0.1, 0.15) is 24.0 Å². The van der Waals surface area contributed by atoms with Crippen molar-refractivity contribution in [1.82, 2.24) is 0 Å². The third kappa shape index (κ3) is 5.13. The Kier molecular flexibility index (Phi) is 6.91. The van der Waals surface area contributed by atoms with Gasteiger partial charge in [0, 0.05) is 17.7 Å². The minimum absolute atomic E-state index is 0.00185. The van der Waals surface area contributed by atoms with Crippen LogP contribution in [0.3, 0.4) is 0 Å². The number of ketones is 1. The summed E-state index contributed by atoms with van der Waals surface area (Å²) in [5.74, 6) is -1.30. The molecule has 0 saturated carbocycles. The Bertz CT molecular complexity index is 1650. The summed E-state index contributed by atoms with van der Waals surface area (Å²) in [4.78, 5) is 30.0. The van der Waals surface area contributed by atoms with Crippen molar-refractivity contribution in [3.8, 4) is 5.75 Å². The maximum Gasteiger partial charge on any atom is 0.261 e. The van der Waals surface area contributed by atoms with Crippen LogP contribution in [0, 0.1) is 17.2 Å². The van der Waals surface area contributed by atoms with E-state index in [1.54, 1.807) is 17.0 Å². The minimum atomic E-state index is -0.792. The summed E-state index contributed by atoms with van der Waals surface area (Å²) in [6.07, 6.45) is 2.40. The average Bonchev–Trinajstić information content (AvgIpc) is 3.10. The summed E-state index contributed by atoms with van der Waals surface area (Å²) in [6.45, 7) is 4.37. The van der Waals surface area contributed by atoms with E-state index in [4.69, 9.17) is 4.74 Å². The molecule has 1 aliphatic carbocycles. The Labute approximate surface area is 239 Å². The molecule has 5 nitrogen and oxygen atoms in total. The second-order valence-electron chi connectivity index (χ2n) is 11.3. The van der Waals surface area contributed by atoms with Gasteiger partial charge < -0.3 is 10.1 Å². The molecule has 2 aliphatic rings. The number of Topliss-reactive ketones (excluding diaryl/α,β-unsaturated/α-hetero) is 1. The molecule has 0 bridgehead atoms. The quantitative estimate of drug-likeness (QED) is 0.278. The molecule has 1 N–H and O–H groups in total. The number of fused-ring (bicyclic) bond motifs is 2. The van der Waals surface area contributed by atoms with E-state index >= 15 is 4.39 Å². The van der Waals surface area contributed by atoms with E-state index in [9.17, 15) is 9.59 Å². The molecule has 4 aromatic carbocycles. The lowest BCUT2D eigenvalue weighted by Crippen LogP contribution is -2.44. The maximum absolute atomic E-state index is 15.1. The summed E-state index contributed by atoms with van der Waals surface area (Å²) in [6, 6.07) is 29.9. The first-order valence-corrected chi connectivity index (χ1v) is 13.8. The zero-order chi connectivity index (χ0) is 28.6. The molecule has 0 aromatic heterocycles. The number of hydrogen-bond donors (Lipinski definition) is 1. The van der Waals surface area contributed by atoms with Crippen LogP contribution in [-0.2, 0) is 11.4 Å². The van der Waals surface area contributed by atoms with E-state index in [0.29, 0.717) is 35.7 Å². The highest BCUT2D eigenvalue weighted by Gasteiger charge is 2.47. The van der Waals surface area contributed by atoms with Crippen molar-refractivity contribution in [2.24, 2.45) is 11.3 Å². The fourth-order valence-corrected chi connectivity index (χ4v) is 5.91. The smallest absolute Gasteiger partial charge is 0.261 e. The third-order valence-electron chi connectivity index (χ3n) is 7.69. The number of halogens is 1. The molecule has 0 unspecified atom stereocenters. The molecule has 6 rings (SSSR count). The third-order valence-corrected chi connectivity index (χ3v) is 7.69. The van der Waals surface area contributed by atoms with E-state index in [2.05, 4.69) is 11.4 Å². The number of para-hydroxylation sites is 3. The van der Waals surface area contributed by atoms with Gasteiger partial charge in [0.25, 0.3) is 5.91 Å². The number of benzene rings is 4. The molecular formula is C35H31FN2O3. The van der Waals surface area contributed by atoms with Crippen LogP contribution in [0.1, 0.15) is 47.8 Å². The Hall–Kier alpha value is -4.71. The van der Waals surface area contributed by atoms with E-state index in [1.165, 1.54) is 12.1 Å². The van der Waals surface area contributed by atoms with Crippen LogP contribution in [-0.4, -0.2) is 11.7 Å². The second-order valence-corrected chi connectivity index (χ2v) is 11.3. The number of ether oxygens (including phenoxy) is 1. The molecule has 0 fully saturated rings. The SMILES string of the molecule is CC1(C)C=C2Nc3ccccc3N(C(=O)c3ccccc3F)[C@H](c3ccccc3OCc3ccccc3)[C@H]2C(=O)C1. The van der Waals surface area contributed by atoms with Crippen LogP contribution in [0.2, 0.25) is 0 Å². The Morgan fingerprint density at radius 1 is 0.927 bits per heavy atom. The predicted molar refractivity (Wildman–Crippen MR) is 158 cm³/mol. The van der Waals surface area contributed by atoms with Gasteiger partial charge in [-0.2, -0.15) is 0 Å². The fourth-order valence-electron chi connectivity index (χ4n) is 5.91. The van der Waals surface area contributed by atoms with Crippen molar-refractivity contribution in [3.63, 3.8) is 0 Å². The number of amides is 1.